The first-order valence-electron chi connectivity index (χ1n) is 9.42. The quantitative estimate of drug-likeness (QED) is 0.481. The van der Waals surface area contributed by atoms with Crippen LogP contribution in [0.3, 0.4) is 0 Å². The normalized spacial score (nSPS) is 11.6. The zero-order chi connectivity index (χ0) is 22.2. The molecule has 0 spiro atoms. The van der Waals surface area contributed by atoms with Crippen LogP contribution in [0, 0.1) is 6.92 Å². The van der Waals surface area contributed by atoms with Crippen molar-refractivity contribution in [1.29, 1.82) is 0 Å². The highest BCUT2D eigenvalue weighted by Crippen LogP contribution is 2.31. The summed E-state index contributed by atoms with van der Waals surface area (Å²) in [6, 6.07) is 15.2. The third-order valence-corrected chi connectivity index (χ3v) is 4.76. The predicted molar refractivity (Wildman–Crippen MR) is 109 cm³/mol. The molecule has 4 aromatic rings. The molecule has 0 bridgehead atoms. The van der Waals surface area contributed by atoms with Crippen LogP contribution in [0.2, 0.25) is 0 Å². The van der Waals surface area contributed by atoms with Gasteiger partial charge in [-0.15, -0.1) is 0 Å². The Labute approximate surface area is 175 Å². The minimum absolute atomic E-state index is 0.284. The van der Waals surface area contributed by atoms with Gasteiger partial charge in [-0.1, -0.05) is 18.2 Å². The van der Waals surface area contributed by atoms with Crippen molar-refractivity contribution in [2.45, 2.75) is 19.5 Å². The van der Waals surface area contributed by atoms with Crippen LogP contribution >= 0.6 is 0 Å². The number of pyridine rings is 1. The number of primary amides is 1. The number of aryl methyl sites for hydroxylation is 1. The summed E-state index contributed by atoms with van der Waals surface area (Å²) in [5, 5.41) is 0. The van der Waals surface area contributed by atoms with E-state index in [0.29, 0.717) is 29.2 Å². The second kappa shape index (κ2) is 7.79. The van der Waals surface area contributed by atoms with Gasteiger partial charge in [0, 0.05) is 12.6 Å². The number of hydrogen-bond donors (Lipinski definition) is 1. The van der Waals surface area contributed by atoms with Crippen LogP contribution in [0.25, 0.3) is 5.65 Å². The van der Waals surface area contributed by atoms with Crippen LogP contribution in [0.4, 0.5) is 13.2 Å². The molecule has 0 aliphatic carbocycles. The lowest BCUT2D eigenvalue weighted by molar-refractivity contribution is -0.137. The van der Waals surface area contributed by atoms with Crippen molar-refractivity contribution in [1.82, 2.24) is 9.38 Å². The van der Waals surface area contributed by atoms with Crippen LogP contribution in [-0.4, -0.2) is 15.3 Å². The first-order chi connectivity index (χ1) is 14.7. The molecule has 2 aromatic carbocycles. The monoisotopic (exact) mass is 425 g/mol. The van der Waals surface area contributed by atoms with Gasteiger partial charge in [0.2, 0.25) is 0 Å². The summed E-state index contributed by atoms with van der Waals surface area (Å²) in [6.07, 6.45) is -2.26. The number of imidazole rings is 1. The van der Waals surface area contributed by atoms with Gasteiger partial charge in [0.15, 0.2) is 0 Å². The van der Waals surface area contributed by atoms with Gasteiger partial charge in [0.05, 0.1) is 11.3 Å². The zero-order valence-electron chi connectivity index (χ0n) is 16.5. The number of carbonyl (C=O) groups excluding carboxylic acids is 1. The van der Waals surface area contributed by atoms with E-state index in [1.807, 2.05) is 25.1 Å². The van der Waals surface area contributed by atoms with Crippen molar-refractivity contribution in [3.05, 3.63) is 94.9 Å². The minimum Gasteiger partial charge on any atom is -0.457 e. The lowest BCUT2D eigenvalue weighted by Crippen LogP contribution is -2.16. The van der Waals surface area contributed by atoms with Crippen molar-refractivity contribution in [3.63, 3.8) is 0 Å². The maximum Gasteiger partial charge on any atom is 0.416 e. The molecule has 0 saturated heterocycles. The van der Waals surface area contributed by atoms with Gasteiger partial charge in [-0.2, -0.15) is 13.2 Å². The predicted octanol–water partition coefficient (Wildman–Crippen LogP) is 5.14. The molecule has 0 aliphatic rings. The fraction of sp³-hybridized carbons (Fsp3) is 0.130. The van der Waals surface area contributed by atoms with Crippen LogP contribution in [-0.2, 0) is 12.6 Å². The Kier molecular flexibility index (Phi) is 5.14. The number of amides is 1. The molecule has 2 heterocycles. The molecule has 2 aromatic heterocycles. The number of nitrogens with zero attached hydrogens (tertiary/aromatic N) is 2. The van der Waals surface area contributed by atoms with E-state index in [2.05, 4.69) is 4.98 Å². The SMILES string of the molecule is Cc1ccc2nc(Cc3cccc(Oc4ccc(C(F)(F)F)cc4)c3)c(C(N)=O)n2c1. The fourth-order valence-electron chi connectivity index (χ4n) is 3.34. The van der Waals surface area contributed by atoms with Crippen molar-refractivity contribution in [2.75, 3.05) is 0 Å². The lowest BCUT2D eigenvalue weighted by atomic mass is 10.1. The summed E-state index contributed by atoms with van der Waals surface area (Å²) in [4.78, 5) is 16.6. The highest BCUT2D eigenvalue weighted by atomic mass is 19.4. The smallest absolute Gasteiger partial charge is 0.416 e. The molecule has 0 unspecified atom stereocenters. The lowest BCUT2D eigenvalue weighted by Gasteiger charge is -2.10. The summed E-state index contributed by atoms with van der Waals surface area (Å²) in [5.74, 6) is 0.161. The number of carbonyl (C=O) groups is 1. The van der Waals surface area contributed by atoms with Crippen molar-refractivity contribution < 1.29 is 22.7 Å². The number of hydrogen-bond acceptors (Lipinski definition) is 3. The third-order valence-electron chi connectivity index (χ3n) is 4.76. The summed E-state index contributed by atoms with van der Waals surface area (Å²) < 4.78 is 45.5. The van der Waals surface area contributed by atoms with Crippen LogP contribution < -0.4 is 10.5 Å². The van der Waals surface area contributed by atoms with Gasteiger partial charge in [0.25, 0.3) is 5.91 Å². The molecular formula is C23H18F3N3O2. The van der Waals surface area contributed by atoms with E-state index in [1.54, 1.807) is 28.8 Å². The number of aromatic nitrogens is 2. The first-order valence-corrected chi connectivity index (χ1v) is 9.42. The van der Waals surface area contributed by atoms with Gasteiger partial charge in [-0.05, 0) is 60.5 Å². The average molecular weight is 425 g/mol. The largest absolute Gasteiger partial charge is 0.457 e. The van der Waals surface area contributed by atoms with Crippen LogP contribution in [0.15, 0.2) is 66.9 Å². The molecule has 0 fully saturated rings. The van der Waals surface area contributed by atoms with E-state index in [9.17, 15) is 18.0 Å². The molecule has 158 valence electrons. The summed E-state index contributed by atoms with van der Waals surface area (Å²) in [6.45, 7) is 1.91. The maximum atomic E-state index is 12.7. The molecule has 2 N–H and O–H groups in total. The number of fused-ring (bicyclic) bond motifs is 1. The highest BCUT2D eigenvalue weighted by Gasteiger charge is 2.30. The highest BCUT2D eigenvalue weighted by molar-refractivity contribution is 5.93. The van der Waals surface area contributed by atoms with Gasteiger partial charge in [-0.3, -0.25) is 9.20 Å². The standard InChI is InChI=1S/C23H18F3N3O2/c1-14-5-10-20-28-19(21(22(27)30)29(20)13-14)12-15-3-2-4-18(11-15)31-17-8-6-16(7-9-17)23(24,25)26/h2-11,13H,12H2,1H3,(H2,27,30). The Hall–Kier alpha value is -3.81. The molecule has 1 amide bonds. The number of ether oxygens (including phenoxy) is 1. The van der Waals surface area contributed by atoms with E-state index in [1.165, 1.54) is 12.1 Å². The topological polar surface area (TPSA) is 69.6 Å². The van der Waals surface area contributed by atoms with E-state index < -0.39 is 17.6 Å². The number of benzene rings is 2. The summed E-state index contributed by atoms with van der Waals surface area (Å²) >= 11 is 0. The molecule has 0 atom stereocenters. The minimum atomic E-state index is -4.40. The Morgan fingerprint density at radius 3 is 2.48 bits per heavy atom. The number of halogens is 3. The van der Waals surface area contributed by atoms with E-state index in [0.717, 1.165) is 23.3 Å². The van der Waals surface area contributed by atoms with Gasteiger partial charge >= 0.3 is 6.18 Å². The molecule has 0 radical (unpaired) electrons. The van der Waals surface area contributed by atoms with E-state index in [-0.39, 0.29) is 5.75 Å². The van der Waals surface area contributed by atoms with E-state index >= 15 is 0 Å². The summed E-state index contributed by atoms with van der Waals surface area (Å²) in [5.41, 5.74) is 8.10. The van der Waals surface area contributed by atoms with Crippen LogP contribution in [0.5, 0.6) is 11.5 Å². The van der Waals surface area contributed by atoms with Gasteiger partial charge in [-0.25, -0.2) is 4.98 Å². The molecule has 31 heavy (non-hydrogen) atoms. The zero-order valence-corrected chi connectivity index (χ0v) is 16.5. The molecule has 8 heteroatoms. The van der Waals surface area contributed by atoms with Crippen LogP contribution in [0.1, 0.15) is 32.9 Å². The Morgan fingerprint density at radius 2 is 1.81 bits per heavy atom. The molecule has 4 rings (SSSR count). The Balaban J connectivity index is 1.59. The van der Waals surface area contributed by atoms with Gasteiger partial charge in [0.1, 0.15) is 22.8 Å². The van der Waals surface area contributed by atoms with Crippen molar-refractivity contribution in [3.8, 4) is 11.5 Å². The Morgan fingerprint density at radius 1 is 1.06 bits per heavy atom. The maximum absolute atomic E-state index is 12.7. The van der Waals surface area contributed by atoms with E-state index in [4.69, 9.17) is 10.5 Å². The van der Waals surface area contributed by atoms with Crippen molar-refractivity contribution in [2.24, 2.45) is 5.73 Å². The average Bonchev–Trinajstić information content (AvgIpc) is 3.05. The molecule has 5 nitrogen and oxygen atoms in total. The Bertz CT molecular complexity index is 1260. The second-order valence-electron chi connectivity index (χ2n) is 7.15. The third kappa shape index (κ3) is 4.37. The van der Waals surface area contributed by atoms with Crippen molar-refractivity contribution >= 4 is 11.6 Å². The first kappa shape index (κ1) is 20.5. The fourth-order valence-corrected chi connectivity index (χ4v) is 3.34. The number of rotatable bonds is 5. The molecule has 0 saturated carbocycles. The molecule has 0 aliphatic heterocycles. The molecular weight excluding hydrogens is 407 g/mol. The number of nitrogens with two attached hydrogens (primary N) is 1. The van der Waals surface area contributed by atoms with Gasteiger partial charge < -0.3 is 10.5 Å². The second-order valence-corrected chi connectivity index (χ2v) is 7.15. The number of alkyl halides is 3. The summed E-state index contributed by atoms with van der Waals surface area (Å²) in [7, 11) is 0.